The zero-order chi connectivity index (χ0) is 13.2. The second-order valence-corrected chi connectivity index (χ2v) is 5.99. The largest absolute Gasteiger partial charge is 0.478 e. The van der Waals surface area contributed by atoms with Gasteiger partial charge in [0.25, 0.3) is 0 Å². The fourth-order valence-electron chi connectivity index (χ4n) is 3.60. The third kappa shape index (κ3) is 2.53. The SMILES string of the molecule is O=C(O)c1cn(C2CCCCC2)nc1C1CCCC1. The zero-order valence-corrected chi connectivity index (χ0v) is 11.3. The van der Waals surface area contributed by atoms with E-state index in [1.807, 2.05) is 4.68 Å². The molecule has 0 saturated heterocycles. The van der Waals surface area contributed by atoms with E-state index in [4.69, 9.17) is 0 Å². The van der Waals surface area contributed by atoms with Crippen LogP contribution in [-0.4, -0.2) is 20.9 Å². The highest BCUT2D eigenvalue weighted by atomic mass is 16.4. The van der Waals surface area contributed by atoms with E-state index in [0.29, 0.717) is 17.5 Å². The molecule has 2 saturated carbocycles. The van der Waals surface area contributed by atoms with Gasteiger partial charge < -0.3 is 5.11 Å². The van der Waals surface area contributed by atoms with Gasteiger partial charge in [-0.25, -0.2) is 4.79 Å². The average Bonchev–Trinajstić information content (AvgIpc) is 3.08. The molecule has 0 spiro atoms. The third-order valence-electron chi connectivity index (χ3n) is 4.68. The van der Waals surface area contributed by atoms with Crippen molar-refractivity contribution in [1.29, 1.82) is 0 Å². The molecule has 0 aromatic carbocycles. The lowest BCUT2D eigenvalue weighted by molar-refractivity contribution is 0.0695. The molecule has 2 aliphatic rings. The molecule has 4 nitrogen and oxygen atoms in total. The molecule has 0 amide bonds. The van der Waals surface area contributed by atoms with Gasteiger partial charge >= 0.3 is 5.97 Å². The normalized spacial score (nSPS) is 21.9. The first-order chi connectivity index (χ1) is 9.25. The van der Waals surface area contributed by atoms with Gasteiger partial charge in [0.15, 0.2) is 0 Å². The van der Waals surface area contributed by atoms with E-state index >= 15 is 0 Å². The van der Waals surface area contributed by atoms with Crippen molar-refractivity contribution in [2.45, 2.75) is 69.7 Å². The first-order valence-electron chi connectivity index (χ1n) is 7.58. The van der Waals surface area contributed by atoms with Gasteiger partial charge in [0.05, 0.1) is 11.7 Å². The summed E-state index contributed by atoms with van der Waals surface area (Å²) in [5.41, 5.74) is 1.29. The Kier molecular flexibility index (Phi) is 3.58. The number of rotatable bonds is 3. The standard InChI is InChI=1S/C15H22N2O2/c18-15(19)13-10-17(12-8-2-1-3-9-12)16-14(13)11-6-4-5-7-11/h10-12H,1-9H2,(H,18,19). The first kappa shape index (κ1) is 12.7. The molecule has 0 aliphatic heterocycles. The van der Waals surface area contributed by atoms with E-state index in [2.05, 4.69) is 5.10 Å². The van der Waals surface area contributed by atoms with E-state index in [9.17, 15) is 9.90 Å². The van der Waals surface area contributed by atoms with Gasteiger partial charge in [-0.3, -0.25) is 4.68 Å². The van der Waals surface area contributed by atoms with Crippen molar-refractivity contribution in [2.75, 3.05) is 0 Å². The highest BCUT2D eigenvalue weighted by Crippen LogP contribution is 2.36. The predicted molar refractivity (Wildman–Crippen MR) is 72.5 cm³/mol. The second-order valence-electron chi connectivity index (χ2n) is 5.99. The van der Waals surface area contributed by atoms with Crippen LogP contribution in [0.5, 0.6) is 0 Å². The second kappa shape index (κ2) is 5.35. The molecule has 0 unspecified atom stereocenters. The molecule has 1 aromatic rings. The summed E-state index contributed by atoms with van der Waals surface area (Å²) < 4.78 is 1.95. The average molecular weight is 262 g/mol. The highest BCUT2D eigenvalue weighted by Gasteiger charge is 2.28. The molecule has 1 N–H and O–H groups in total. The van der Waals surface area contributed by atoms with Crippen LogP contribution in [0.4, 0.5) is 0 Å². The van der Waals surface area contributed by atoms with E-state index in [1.165, 1.54) is 32.1 Å². The smallest absolute Gasteiger partial charge is 0.339 e. The Balaban J connectivity index is 1.89. The van der Waals surface area contributed by atoms with E-state index in [0.717, 1.165) is 31.4 Å². The van der Waals surface area contributed by atoms with Crippen LogP contribution in [0.3, 0.4) is 0 Å². The van der Waals surface area contributed by atoms with Gasteiger partial charge in [-0.1, -0.05) is 32.1 Å². The fourth-order valence-corrected chi connectivity index (χ4v) is 3.60. The molecule has 0 atom stereocenters. The maximum Gasteiger partial charge on any atom is 0.339 e. The Labute approximate surface area is 113 Å². The Morgan fingerprint density at radius 2 is 1.74 bits per heavy atom. The molecule has 19 heavy (non-hydrogen) atoms. The number of aromatic carboxylic acids is 1. The van der Waals surface area contributed by atoms with Gasteiger partial charge in [0.2, 0.25) is 0 Å². The van der Waals surface area contributed by atoms with Crippen molar-refractivity contribution in [3.63, 3.8) is 0 Å². The zero-order valence-electron chi connectivity index (χ0n) is 11.3. The molecule has 2 aliphatic carbocycles. The third-order valence-corrected chi connectivity index (χ3v) is 4.68. The monoisotopic (exact) mass is 262 g/mol. The van der Waals surface area contributed by atoms with Crippen LogP contribution in [-0.2, 0) is 0 Å². The molecule has 3 rings (SSSR count). The minimum Gasteiger partial charge on any atom is -0.478 e. The summed E-state index contributed by atoms with van der Waals surface area (Å²) in [7, 11) is 0. The van der Waals surface area contributed by atoms with Crippen LogP contribution < -0.4 is 0 Å². The molecule has 4 heteroatoms. The summed E-state index contributed by atoms with van der Waals surface area (Å²) in [6.07, 6.45) is 12.5. The lowest BCUT2D eigenvalue weighted by Crippen LogP contribution is -2.13. The Bertz CT molecular complexity index is 455. The van der Waals surface area contributed by atoms with Gasteiger partial charge in [0.1, 0.15) is 5.56 Å². The first-order valence-corrected chi connectivity index (χ1v) is 7.58. The number of nitrogens with zero attached hydrogens (tertiary/aromatic N) is 2. The van der Waals surface area contributed by atoms with Gasteiger partial charge in [-0.2, -0.15) is 5.10 Å². The Morgan fingerprint density at radius 3 is 2.37 bits per heavy atom. The number of carboxylic acid groups (broad SMARTS) is 1. The maximum atomic E-state index is 11.4. The molecular formula is C15H22N2O2. The summed E-state index contributed by atoms with van der Waals surface area (Å²) in [5.74, 6) is -0.445. The lowest BCUT2D eigenvalue weighted by atomic mass is 9.96. The summed E-state index contributed by atoms with van der Waals surface area (Å²) >= 11 is 0. The highest BCUT2D eigenvalue weighted by molar-refractivity contribution is 5.88. The van der Waals surface area contributed by atoms with Crippen LogP contribution in [0.1, 0.15) is 85.8 Å². The summed E-state index contributed by atoms with van der Waals surface area (Å²) in [6.45, 7) is 0. The van der Waals surface area contributed by atoms with Crippen molar-refractivity contribution < 1.29 is 9.90 Å². The topological polar surface area (TPSA) is 55.1 Å². The molecule has 2 fully saturated rings. The number of carbonyl (C=O) groups is 1. The predicted octanol–water partition coefficient (Wildman–Crippen LogP) is 3.74. The van der Waals surface area contributed by atoms with Gasteiger partial charge in [0, 0.05) is 12.1 Å². The summed E-state index contributed by atoms with van der Waals surface area (Å²) in [4.78, 5) is 11.4. The summed E-state index contributed by atoms with van der Waals surface area (Å²) in [5, 5.41) is 14.1. The minimum absolute atomic E-state index is 0.371. The summed E-state index contributed by atoms with van der Waals surface area (Å²) in [6, 6.07) is 0.419. The van der Waals surface area contributed by atoms with E-state index < -0.39 is 5.97 Å². The number of carboxylic acids is 1. The molecule has 1 heterocycles. The van der Waals surface area contributed by atoms with Crippen molar-refractivity contribution in [3.8, 4) is 0 Å². The van der Waals surface area contributed by atoms with Crippen molar-refractivity contribution in [1.82, 2.24) is 9.78 Å². The van der Waals surface area contributed by atoms with Crippen LogP contribution in [0.2, 0.25) is 0 Å². The Morgan fingerprint density at radius 1 is 1.11 bits per heavy atom. The quantitative estimate of drug-likeness (QED) is 0.902. The molecule has 0 bridgehead atoms. The minimum atomic E-state index is -0.816. The molecule has 1 aromatic heterocycles. The maximum absolute atomic E-state index is 11.4. The van der Waals surface area contributed by atoms with Crippen LogP contribution in [0, 0.1) is 0 Å². The van der Waals surface area contributed by atoms with Crippen LogP contribution >= 0.6 is 0 Å². The molecule has 0 radical (unpaired) electrons. The van der Waals surface area contributed by atoms with Gasteiger partial charge in [-0.05, 0) is 25.7 Å². The molecular weight excluding hydrogens is 240 g/mol. The number of hydrogen-bond acceptors (Lipinski definition) is 2. The lowest BCUT2D eigenvalue weighted by Gasteiger charge is -2.21. The van der Waals surface area contributed by atoms with Crippen molar-refractivity contribution in [2.24, 2.45) is 0 Å². The van der Waals surface area contributed by atoms with Crippen LogP contribution in [0.15, 0.2) is 6.20 Å². The fraction of sp³-hybridized carbons (Fsp3) is 0.733. The number of aromatic nitrogens is 2. The van der Waals surface area contributed by atoms with E-state index in [-0.39, 0.29) is 0 Å². The van der Waals surface area contributed by atoms with Crippen molar-refractivity contribution >= 4 is 5.97 Å². The van der Waals surface area contributed by atoms with Gasteiger partial charge in [-0.15, -0.1) is 0 Å². The molecule has 104 valence electrons. The van der Waals surface area contributed by atoms with Crippen molar-refractivity contribution in [3.05, 3.63) is 17.5 Å². The number of hydrogen-bond donors (Lipinski definition) is 1. The Hall–Kier alpha value is -1.32. The van der Waals surface area contributed by atoms with E-state index in [1.54, 1.807) is 6.20 Å². The van der Waals surface area contributed by atoms with Crippen LogP contribution in [0.25, 0.3) is 0 Å².